The van der Waals surface area contributed by atoms with Gasteiger partial charge in [0.05, 0.1) is 27.4 Å². The zero-order valence-corrected chi connectivity index (χ0v) is 23.7. The highest BCUT2D eigenvalue weighted by Gasteiger charge is 2.32. The van der Waals surface area contributed by atoms with Crippen LogP contribution >= 0.6 is 11.3 Å². The van der Waals surface area contributed by atoms with Crippen LogP contribution in [0.15, 0.2) is 65.7 Å². The molecule has 5 rings (SSSR count). The molecule has 3 heterocycles. The van der Waals surface area contributed by atoms with Gasteiger partial charge in [0, 0.05) is 24.8 Å². The zero-order valence-electron chi connectivity index (χ0n) is 22.1. The number of amides is 1. The summed E-state index contributed by atoms with van der Waals surface area (Å²) in [5.41, 5.74) is 4.18. The largest absolute Gasteiger partial charge is 0.278 e. The number of rotatable bonds is 6. The number of pyridine rings is 1. The predicted molar refractivity (Wildman–Crippen MR) is 152 cm³/mol. The molecule has 0 aliphatic carbocycles. The third-order valence-electron chi connectivity index (χ3n) is 7.03. The minimum Gasteiger partial charge on any atom is -0.278 e. The Morgan fingerprint density at radius 2 is 1.68 bits per heavy atom. The Labute approximate surface area is 228 Å². The lowest BCUT2D eigenvalue weighted by Gasteiger charge is -2.34. The van der Waals surface area contributed by atoms with Crippen molar-refractivity contribution in [1.29, 1.82) is 0 Å². The topological polar surface area (TPSA) is 83.5 Å². The van der Waals surface area contributed by atoms with Crippen LogP contribution in [0.3, 0.4) is 0 Å². The molecule has 0 saturated carbocycles. The van der Waals surface area contributed by atoms with E-state index in [1.807, 2.05) is 38.1 Å². The Morgan fingerprint density at radius 3 is 2.32 bits per heavy atom. The van der Waals surface area contributed by atoms with Gasteiger partial charge in [-0.05, 0) is 79.6 Å². The minimum atomic E-state index is -3.63. The van der Waals surface area contributed by atoms with E-state index in [1.54, 1.807) is 27.5 Å². The molecule has 7 nitrogen and oxygen atoms in total. The Morgan fingerprint density at radius 1 is 1.00 bits per heavy atom. The molecule has 2 atom stereocenters. The van der Waals surface area contributed by atoms with Crippen molar-refractivity contribution in [3.8, 4) is 0 Å². The molecule has 1 amide bonds. The third-order valence-corrected chi connectivity index (χ3v) is 10.1. The minimum absolute atomic E-state index is 0.206. The van der Waals surface area contributed by atoms with Gasteiger partial charge in [-0.2, -0.15) is 4.31 Å². The molecule has 0 bridgehead atoms. The molecule has 38 heavy (non-hydrogen) atoms. The van der Waals surface area contributed by atoms with Crippen LogP contribution in [-0.2, 0) is 16.6 Å². The van der Waals surface area contributed by atoms with E-state index in [4.69, 9.17) is 4.98 Å². The number of nitrogens with zero attached hydrogens (tertiary/aromatic N) is 4. The summed E-state index contributed by atoms with van der Waals surface area (Å²) in [5, 5.41) is 0.584. The van der Waals surface area contributed by atoms with Crippen LogP contribution < -0.4 is 4.90 Å². The average Bonchev–Trinajstić information content (AvgIpc) is 3.36. The second-order valence-corrected chi connectivity index (χ2v) is 13.3. The number of carbonyl (C=O) groups excluding carboxylic acids is 1. The molecule has 2 aromatic heterocycles. The van der Waals surface area contributed by atoms with Gasteiger partial charge in [-0.1, -0.05) is 43.4 Å². The summed E-state index contributed by atoms with van der Waals surface area (Å²) < 4.78 is 29.3. The number of sulfonamides is 1. The van der Waals surface area contributed by atoms with E-state index in [1.165, 1.54) is 23.5 Å². The average molecular weight is 549 g/mol. The van der Waals surface area contributed by atoms with Crippen LogP contribution in [0, 0.1) is 25.7 Å². The van der Waals surface area contributed by atoms with Crippen LogP contribution in [0.5, 0.6) is 0 Å². The fourth-order valence-corrected chi connectivity index (χ4v) is 7.91. The number of anilines is 1. The summed E-state index contributed by atoms with van der Waals surface area (Å²) in [6, 6.07) is 16.0. The fourth-order valence-electron chi connectivity index (χ4n) is 5.12. The lowest BCUT2D eigenvalue weighted by atomic mass is 9.94. The molecule has 1 aliphatic rings. The summed E-state index contributed by atoms with van der Waals surface area (Å²) in [4.78, 5) is 24.9. The Kier molecular flexibility index (Phi) is 7.35. The molecule has 198 valence electrons. The van der Waals surface area contributed by atoms with Crippen molar-refractivity contribution in [2.24, 2.45) is 11.8 Å². The molecular formula is C29H32N4O3S2. The van der Waals surface area contributed by atoms with Gasteiger partial charge in [-0.25, -0.2) is 13.4 Å². The number of hydrogen-bond acceptors (Lipinski definition) is 6. The lowest BCUT2D eigenvalue weighted by molar-refractivity contribution is 0.0984. The number of carbonyl (C=O) groups is 1. The number of piperidine rings is 1. The van der Waals surface area contributed by atoms with E-state index in [0.29, 0.717) is 35.6 Å². The van der Waals surface area contributed by atoms with Crippen LogP contribution in [0.25, 0.3) is 10.2 Å². The van der Waals surface area contributed by atoms with Gasteiger partial charge in [0.1, 0.15) is 0 Å². The van der Waals surface area contributed by atoms with Crippen molar-refractivity contribution in [2.75, 3.05) is 18.0 Å². The van der Waals surface area contributed by atoms with Crippen molar-refractivity contribution in [2.45, 2.75) is 45.6 Å². The summed E-state index contributed by atoms with van der Waals surface area (Å²) in [6.45, 7) is 9.50. The summed E-state index contributed by atoms with van der Waals surface area (Å²) in [7, 11) is -3.63. The number of aromatic nitrogens is 2. The number of benzene rings is 2. The molecule has 1 aliphatic heterocycles. The van der Waals surface area contributed by atoms with Gasteiger partial charge in [-0.3, -0.25) is 14.7 Å². The van der Waals surface area contributed by atoms with Gasteiger partial charge in [-0.15, -0.1) is 0 Å². The molecule has 0 N–H and O–H groups in total. The predicted octanol–water partition coefficient (Wildman–Crippen LogP) is 5.82. The molecular weight excluding hydrogens is 516 g/mol. The highest BCUT2D eigenvalue weighted by Crippen LogP contribution is 2.34. The van der Waals surface area contributed by atoms with Gasteiger partial charge >= 0.3 is 0 Å². The second kappa shape index (κ2) is 10.6. The van der Waals surface area contributed by atoms with Crippen molar-refractivity contribution >= 4 is 42.6 Å². The zero-order chi connectivity index (χ0) is 27.0. The van der Waals surface area contributed by atoms with E-state index in [2.05, 4.69) is 24.9 Å². The summed E-state index contributed by atoms with van der Waals surface area (Å²) in [5.74, 6) is 0.375. The van der Waals surface area contributed by atoms with Gasteiger partial charge in [0.25, 0.3) is 5.91 Å². The van der Waals surface area contributed by atoms with Gasteiger partial charge in [0.15, 0.2) is 5.13 Å². The molecule has 0 radical (unpaired) electrons. The standard InChI is InChI=1S/C29H32N4O3S2/c1-19-15-20(2)17-32(16-19)38(35,36)25-12-10-23(11-13-25)28(34)33(18-24-7-5-6-14-30-24)29-31-26-21(3)8-9-22(4)27(26)37-29/h5-14,19-20H,15-18H2,1-4H3. The summed E-state index contributed by atoms with van der Waals surface area (Å²) in [6.07, 6.45) is 2.73. The molecule has 1 fully saturated rings. The van der Waals surface area contributed by atoms with Crippen molar-refractivity contribution < 1.29 is 13.2 Å². The first-order valence-electron chi connectivity index (χ1n) is 12.8. The molecule has 4 aromatic rings. The van der Waals surface area contributed by atoms with Gasteiger partial charge in [0.2, 0.25) is 10.0 Å². The van der Waals surface area contributed by atoms with E-state index < -0.39 is 10.0 Å². The molecule has 2 aromatic carbocycles. The van der Waals surface area contributed by atoms with E-state index >= 15 is 0 Å². The third kappa shape index (κ3) is 5.23. The van der Waals surface area contributed by atoms with E-state index in [0.717, 1.165) is 33.5 Å². The fraction of sp³-hybridized carbons (Fsp3) is 0.345. The number of hydrogen-bond donors (Lipinski definition) is 0. The van der Waals surface area contributed by atoms with Crippen LogP contribution in [0.2, 0.25) is 0 Å². The maximum absolute atomic E-state index is 13.8. The molecule has 2 unspecified atom stereocenters. The highest BCUT2D eigenvalue weighted by molar-refractivity contribution is 7.89. The van der Waals surface area contributed by atoms with Crippen LogP contribution in [0.4, 0.5) is 5.13 Å². The first-order chi connectivity index (χ1) is 18.1. The number of fused-ring (bicyclic) bond motifs is 1. The SMILES string of the molecule is Cc1ccc(C)c2sc(N(Cc3ccccn3)C(=O)c3ccc(S(=O)(=O)N4CC(C)CC(C)C4)cc3)nc12. The second-order valence-electron chi connectivity index (χ2n) is 10.4. The van der Waals surface area contributed by atoms with E-state index in [9.17, 15) is 13.2 Å². The lowest BCUT2D eigenvalue weighted by Crippen LogP contribution is -2.42. The molecule has 9 heteroatoms. The first-order valence-corrected chi connectivity index (χ1v) is 15.1. The normalized spacial score (nSPS) is 18.5. The Hall–Kier alpha value is -3.14. The number of thiazole rings is 1. The van der Waals surface area contributed by atoms with Gasteiger partial charge < -0.3 is 0 Å². The maximum atomic E-state index is 13.8. The Balaban J connectivity index is 1.48. The highest BCUT2D eigenvalue weighted by atomic mass is 32.2. The molecule has 0 spiro atoms. The quantitative estimate of drug-likeness (QED) is 0.303. The monoisotopic (exact) mass is 548 g/mol. The first kappa shape index (κ1) is 26.5. The summed E-state index contributed by atoms with van der Waals surface area (Å²) >= 11 is 1.48. The van der Waals surface area contributed by atoms with E-state index in [-0.39, 0.29) is 17.3 Å². The number of aryl methyl sites for hydroxylation is 2. The van der Waals surface area contributed by atoms with Crippen molar-refractivity contribution in [3.05, 3.63) is 83.2 Å². The van der Waals surface area contributed by atoms with Crippen molar-refractivity contribution in [1.82, 2.24) is 14.3 Å². The smallest absolute Gasteiger partial charge is 0.260 e. The maximum Gasteiger partial charge on any atom is 0.260 e. The van der Waals surface area contributed by atoms with Crippen LogP contribution in [0.1, 0.15) is 47.4 Å². The molecule has 1 saturated heterocycles. The van der Waals surface area contributed by atoms with Crippen molar-refractivity contribution in [3.63, 3.8) is 0 Å². The van der Waals surface area contributed by atoms with Crippen LogP contribution in [-0.4, -0.2) is 41.7 Å². The Bertz CT molecular complexity index is 1520.